The molecule has 5 fully saturated rings. The lowest BCUT2D eigenvalue weighted by atomic mass is 9.30. The van der Waals surface area contributed by atoms with E-state index in [2.05, 4.69) is 55.4 Å². The summed E-state index contributed by atoms with van der Waals surface area (Å²) in [4.78, 5) is 27.4. The third-order valence-corrected chi connectivity index (χ3v) is 18.3. The van der Waals surface area contributed by atoms with E-state index in [1.54, 1.807) is 11.9 Å². The molecule has 0 saturated heterocycles. The average molecular weight is 735 g/mol. The van der Waals surface area contributed by atoms with Gasteiger partial charge in [0.2, 0.25) is 5.91 Å². The normalized spacial score (nSPS) is 43.9. The van der Waals surface area contributed by atoms with E-state index in [1.165, 1.54) is 38.5 Å². The Labute approximate surface area is 324 Å². The molecule has 6 aliphatic rings. The zero-order valence-electron chi connectivity index (χ0n) is 34.6. The molecule has 54 heavy (non-hydrogen) atoms. The van der Waals surface area contributed by atoms with Crippen LogP contribution in [0.2, 0.25) is 0 Å². The summed E-state index contributed by atoms with van der Waals surface area (Å²) in [5, 5.41) is 19.4. The van der Waals surface area contributed by atoms with Gasteiger partial charge in [0, 0.05) is 18.8 Å². The summed E-state index contributed by atoms with van der Waals surface area (Å²) in [6, 6.07) is 17.3. The summed E-state index contributed by atoms with van der Waals surface area (Å²) >= 11 is 0. The Kier molecular flexibility index (Phi) is 8.96. The van der Waals surface area contributed by atoms with Crippen LogP contribution in [0.1, 0.15) is 150 Å². The molecule has 0 aromatic heterocycles. The van der Waals surface area contributed by atoms with E-state index in [0.29, 0.717) is 29.9 Å². The van der Waals surface area contributed by atoms with Crippen LogP contribution in [0, 0.1) is 62.6 Å². The number of ether oxygens (including phenoxy) is 1. The van der Waals surface area contributed by atoms with E-state index in [-0.39, 0.29) is 40.0 Å². The van der Waals surface area contributed by atoms with Gasteiger partial charge in [-0.1, -0.05) is 97.9 Å². The fraction of sp³-hybridized carbons (Fsp3) is 0.688. The van der Waals surface area contributed by atoms with Crippen molar-refractivity contribution >= 4 is 17.6 Å². The number of carbonyl (C=O) groups is 2. The van der Waals surface area contributed by atoms with E-state index in [9.17, 15) is 14.7 Å². The van der Waals surface area contributed by atoms with Crippen molar-refractivity contribution in [3.05, 3.63) is 65.7 Å². The predicted molar refractivity (Wildman–Crippen MR) is 215 cm³/mol. The van der Waals surface area contributed by atoms with Gasteiger partial charge < -0.3 is 9.84 Å². The molecule has 2 aromatic carbocycles. The Morgan fingerprint density at radius 1 is 0.778 bits per heavy atom. The number of aliphatic hydroxyl groups is 1. The summed E-state index contributed by atoms with van der Waals surface area (Å²) in [5.41, 5.74) is 1.25. The Morgan fingerprint density at radius 3 is 2.17 bits per heavy atom. The van der Waals surface area contributed by atoms with Crippen LogP contribution in [0.15, 0.2) is 59.7 Å². The predicted octanol–water partition coefficient (Wildman–Crippen LogP) is 10.8. The maximum absolute atomic E-state index is 14.7. The molecule has 12 atom stereocenters. The molecule has 5 saturated carbocycles. The van der Waals surface area contributed by atoms with Gasteiger partial charge in [0.15, 0.2) is 5.60 Å². The molecular formula is C48H66N2O4. The van der Waals surface area contributed by atoms with E-state index in [1.807, 2.05) is 54.6 Å². The SMILES string of the molecule is CC(=O)N1N=C(c2ccccc2)CC1c1ccc(OC(=O)C2(O)CCC(C)(C)[C@@H]3CC[C@]4(C)[C@H](CC[C@@H]5[C@@H]6[C@@H](C)[C@H](C)CC[C@]6(C)CC[C@]54C)[C@]32C)cc1. The van der Waals surface area contributed by atoms with Crippen molar-refractivity contribution < 1.29 is 19.4 Å². The first-order valence-electron chi connectivity index (χ1n) is 21.4. The Hall–Kier alpha value is -2.99. The van der Waals surface area contributed by atoms with Crippen molar-refractivity contribution in [3.8, 4) is 5.75 Å². The van der Waals surface area contributed by atoms with E-state index < -0.39 is 17.0 Å². The van der Waals surface area contributed by atoms with Crippen LogP contribution in [0.3, 0.4) is 0 Å². The number of carbonyl (C=O) groups excluding carboxylic acids is 2. The van der Waals surface area contributed by atoms with Crippen LogP contribution in [-0.2, 0) is 9.59 Å². The van der Waals surface area contributed by atoms with Gasteiger partial charge in [-0.25, -0.2) is 9.80 Å². The second kappa shape index (κ2) is 12.8. The van der Waals surface area contributed by atoms with Crippen molar-refractivity contribution in [1.29, 1.82) is 0 Å². The molecule has 8 rings (SSSR count). The first-order valence-corrected chi connectivity index (χ1v) is 21.4. The highest BCUT2D eigenvalue weighted by molar-refractivity contribution is 6.03. The minimum Gasteiger partial charge on any atom is -0.424 e. The van der Waals surface area contributed by atoms with Crippen molar-refractivity contribution in [2.75, 3.05) is 0 Å². The zero-order valence-corrected chi connectivity index (χ0v) is 34.6. The summed E-state index contributed by atoms with van der Waals surface area (Å²) < 4.78 is 6.28. The van der Waals surface area contributed by atoms with Crippen molar-refractivity contribution in [1.82, 2.24) is 5.01 Å². The standard InChI is InChI=1S/C48H66N2O4/c1-30-21-23-44(6)26-27-45(7)36(41(44)31(30)2)19-20-40-46(45,8)24-22-39-43(4,5)25-28-48(53,47(39,40)9)42(52)54-35-17-15-34(16-18-35)38-29-37(49-50(38)32(3)51)33-13-11-10-12-14-33/h10-18,30-31,36,38-41,53H,19-29H2,1-9H3/t30-,31+,36-,38?,39+,40+,41+,44-,45-,46-,47+,48?/m1/s1. The highest BCUT2D eigenvalue weighted by Gasteiger charge is 2.75. The third kappa shape index (κ3) is 5.30. The first kappa shape index (κ1) is 37.9. The highest BCUT2D eigenvalue weighted by Crippen LogP contribution is 2.78. The van der Waals surface area contributed by atoms with Crippen LogP contribution in [0.4, 0.5) is 0 Å². The molecule has 0 bridgehead atoms. The smallest absolute Gasteiger partial charge is 0.344 e. The maximum atomic E-state index is 14.7. The number of hydrogen-bond acceptors (Lipinski definition) is 5. The molecule has 1 aliphatic heterocycles. The lowest BCUT2D eigenvalue weighted by molar-refractivity contribution is -0.290. The Balaban J connectivity index is 1.08. The lowest BCUT2D eigenvalue weighted by Gasteiger charge is -2.75. The van der Waals surface area contributed by atoms with Gasteiger partial charge in [-0.15, -0.1) is 0 Å². The van der Waals surface area contributed by atoms with Crippen molar-refractivity contribution in [2.24, 2.45) is 67.7 Å². The van der Waals surface area contributed by atoms with Crippen LogP contribution in [0.5, 0.6) is 5.75 Å². The largest absolute Gasteiger partial charge is 0.424 e. The summed E-state index contributed by atoms with van der Waals surface area (Å²) in [6.07, 6.45) is 11.5. The topological polar surface area (TPSA) is 79.2 Å². The van der Waals surface area contributed by atoms with Crippen LogP contribution >= 0.6 is 0 Å². The molecule has 292 valence electrons. The van der Waals surface area contributed by atoms with Crippen LogP contribution in [-0.4, -0.2) is 33.3 Å². The quantitative estimate of drug-likeness (QED) is 0.251. The minimum atomic E-state index is -1.59. The number of fused-ring (bicyclic) bond motifs is 7. The molecule has 1 N–H and O–H groups in total. The van der Waals surface area contributed by atoms with Gasteiger partial charge in [-0.05, 0) is 145 Å². The number of hydrogen-bond donors (Lipinski definition) is 1. The van der Waals surface area contributed by atoms with Gasteiger partial charge in [0.1, 0.15) is 5.75 Å². The molecule has 0 spiro atoms. The number of nitrogens with zero attached hydrogens (tertiary/aromatic N) is 2. The van der Waals surface area contributed by atoms with Gasteiger partial charge >= 0.3 is 5.97 Å². The van der Waals surface area contributed by atoms with Crippen LogP contribution < -0.4 is 4.74 Å². The molecule has 2 aromatic rings. The lowest BCUT2D eigenvalue weighted by Crippen LogP contribution is -2.73. The fourth-order valence-corrected chi connectivity index (χ4v) is 14.8. The number of amides is 1. The maximum Gasteiger partial charge on any atom is 0.344 e. The van der Waals surface area contributed by atoms with E-state index in [0.717, 1.165) is 53.9 Å². The molecule has 6 heteroatoms. The van der Waals surface area contributed by atoms with Gasteiger partial charge in [-0.2, -0.15) is 5.10 Å². The minimum absolute atomic E-state index is 0.0188. The second-order valence-corrected chi connectivity index (χ2v) is 20.8. The fourth-order valence-electron chi connectivity index (χ4n) is 14.8. The molecule has 5 aliphatic carbocycles. The highest BCUT2D eigenvalue weighted by atomic mass is 16.6. The molecule has 1 heterocycles. The number of rotatable bonds is 4. The molecule has 1 amide bonds. The zero-order chi connectivity index (χ0) is 38.6. The number of esters is 1. The Bertz CT molecular complexity index is 1820. The Morgan fingerprint density at radius 2 is 1.48 bits per heavy atom. The van der Waals surface area contributed by atoms with E-state index in [4.69, 9.17) is 9.84 Å². The van der Waals surface area contributed by atoms with E-state index >= 15 is 0 Å². The van der Waals surface area contributed by atoms with Crippen molar-refractivity contribution in [3.63, 3.8) is 0 Å². The van der Waals surface area contributed by atoms with Gasteiger partial charge in [0.25, 0.3) is 0 Å². The monoisotopic (exact) mass is 735 g/mol. The molecule has 2 unspecified atom stereocenters. The third-order valence-electron chi connectivity index (χ3n) is 18.3. The summed E-state index contributed by atoms with van der Waals surface area (Å²) in [5.74, 6) is 3.18. The van der Waals surface area contributed by atoms with Gasteiger partial charge in [0.05, 0.1) is 11.8 Å². The average Bonchev–Trinajstić information content (AvgIpc) is 3.59. The second-order valence-electron chi connectivity index (χ2n) is 20.8. The summed E-state index contributed by atoms with van der Waals surface area (Å²) in [6.45, 7) is 21.5. The molecule has 0 radical (unpaired) electrons. The van der Waals surface area contributed by atoms with Gasteiger partial charge in [-0.3, -0.25) is 4.79 Å². The first-order chi connectivity index (χ1) is 25.4. The molecular weight excluding hydrogens is 669 g/mol. The summed E-state index contributed by atoms with van der Waals surface area (Å²) in [7, 11) is 0. The number of benzene rings is 2. The number of hydrazone groups is 1. The van der Waals surface area contributed by atoms with Crippen LogP contribution in [0.25, 0.3) is 0 Å². The van der Waals surface area contributed by atoms with Crippen molar-refractivity contribution in [2.45, 2.75) is 145 Å². The molecule has 6 nitrogen and oxygen atoms in total.